The summed E-state index contributed by atoms with van der Waals surface area (Å²) in [6.45, 7) is 5.27. The van der Waals surface area contributed by atoms with Crippen molar-refractivity contribution in [3.63, 3.8) is 0 Å². The van der Waals surface area contributed by atoms with E-state index in [2.05, 4.69) is 29.3 Å². The number of nitrogens with one attached hydrogen (secondary N) is 1. The van der Waals surface area contributed by atoms with Crippen molar-refractivity contribution in [2.24, 2.45) is 5.92 Å². The molecule has 0 atom stereocenters. The quantitative estimate of drug-likeness (QED) is 0.606. The summed E-state index contributed by atoms with van der Waals surface area (Å²) in [5, 5.41) is 3.38. The van der Waals surface area contributed by atoms with Crippen LogP contribution in [0.5, 0.6) is 0 Å². The zero-order valence-electron chi connectivity index (χ0n) is 17.3. The van der Waals surface area contributed by atoms with Crippen LogP contribution in [0.15, 0.2) is 30.3 Å². The molecule has 29 heavy (non-hydrogen) atoms. The maximum Gasteiger partial charge on any atom is 0.128 e. The first-order valence-corrected chi connectivity index (χ1v) is 11.0. The van der Waals surface area contributed by atoms with E-state index in [4.69, 9.17) is 0 Å². The second-order valence-electron chi connectivity index (χ2n) is 8.57. The highest BCUT2D eigenvalue weighted by molar-refractivity contribution is 5.64. The Morgan fingerprint density at radius 2 is 2.00 bits per heavy atom. The molecule has 1 saturated carbocycles. The van der Waals surface area contributed by atoms with Crippen molar-refractivity contribution in [1.29, 1.82) is 0 Å². The molecule has 0 bridgehead atoms. The molecule has 2 aliphatic rings. The highest BCUT2D eigenvalue weighted by atomic mass is 19.1. The monoisotopic (exact) mass is 394 g/mol. The van der Waals surface area contributed by atoms with E-state index in [-0.39, 0.29) is 5.82 Å². The molecule has 1 fully saturated rings. The van der Waals surface area contributed by atoms with Gasteiger partial charge in [-0.15, -0.1) is 0 Å². The highest BCUT2D eigenvalue weighted by Gasteiger charge is 2.25. The molecule has 1 heterocycles. The summed E-state index contributed by atoms with van der Waals surface area (Å²) in [7, 11) is 0. The number of nitrogens with zero attached hydrogens (tertiary/aromatic N) is 1. The van der Waals surface area contributed by atoms with Gasteiger partial charge in [-0.3, -0.25) is 0 Å². The molecule has 0 radical (unpaired) electrons. The summed E-state index contributed by atoms with van der Waals surface area (Å²) in [6, 6.07) is 9.73. The fourth-order valence-corrected chi connectivity index (χ4v) is 4.65. The molecule has 0 amide bonds. The predicted molar refractivity (Wildman–Crippen MR) is 117 cm³/mol. The fourth-order valence-electron chi connectivity index (χ4n) is 4.65. The van der Waals surface area contributed by atoms with Crippen LogP contribution in [0, 0.1) is 18.7 Å². The van der Waals surface area contributed by atoms with E-state index in [0.29, 0.717) is 24.9 Å². The van der Waals surface area contributed by atoms with Crippen molar-refractivity contribution in [3.8, 4) is 0 Å². The Morgan fingerprint density at radius 3 is 2.72 bits per heavy atom. The lowest BCUT2D eigenvalue weighted by molar-refractivity contribution is -0.107. The molecular formula is C25H31FN2O. The van der Waals surface area contributed by atoms with Crippen molar-refractivity contribution < 1.29 is 9.18 Å². The van der Waals surface area contributed by atoms with Gasteiger partial charge in [0.2, 0.25) is 0 Å². The van der Waals surface area contributed by atoms with Crippen molar-refractivity contribution in [1.82, 2.24) is 0 Å². The Kier molecular flexibility index (Phi) is 6.17. The van der Waals surface area contributed by atoms with Crippen LogP contribution in [-0.2, 0) is 24.2 Å². The lowest BCUT2D eigenvalue weighted by Gasteiger charge is -2.38. The van der Waals surface area contributed by atoms with E-state index in [9.17, 15) is 9.18 Å². The largest absolute Gasteiger partial charge is 0.381 e. The molecule has 1 aliphatic carbocycles. The van der Waals surface area contributed by atoms with Crippen LogP contribution in [0.25, 0.3) is 0 Å². The van der Waals surface area contributed by atoms with Gasteiger partial charge in [0, 0.05) is 37.4 Å². The lowest BCUT2D eigenvalue weighted by atomic mass is 9.84. The maximum absolute atomic E-state index is 14.3. The third-order valence-corrected chi connectivity index (χ3v) is 6.59. The second kappa shape index (κ2) is 8.98. The minimum Gasteiger partial charge on any atom is -0.381 e. The van der Waals surface area contributed by atoms with E-state index < -0.39 is 0 Å². The van der Waals surface area contributed by atoms with Crippen LogP contribution in [0.3, 0.4) is 0 Å². The molecule has 1 aliphatic heterocycles. The summed E-state index contributed by atoms with van der Waals surface area (Å²) in [6.07, 6.45) is 8.19. The summed E-state index contributed by atoms with van der Waals surface area (Å²) >= 11 is 0. The number of hydrogen-bond donors (Lipinski definition) is 1. The number of aryl methyl sites for hydroxylation is 2. The van der Waals surface area contributed by atoms with Gasteiger partial charge in [0.1, 0.15) is 12.1 Å². The predicted octanol–water partition coefficient (Wildman–Crippen LogP) is 5.43. The Morgan fingerprint density at radius 1 is 1.17 bits per heavy atom. The molecule has 2 aromatic rings. The van der Waals surface area contributed by atoms with E-state index >= 15 is 0 Å². The number of carbonyl (C=O) groups is 1. The average Bonchev–Trinajstić information content (AvgIpc) is 2.69. The molecule has 0 saturated heterocycles. The summed E-state index contributed by atoms with van der Waals surface area (Å²) in [4.78, 5) is 13.1. The second-order valence-corrected chi connectivity index (χ2v) is 8.57. The van der Waals surface area contributed by atoms with Crippen molar-refractivity contribution in [2.45, 2.75) is 58.4 Å². The van der Waals surface area contributed by atoms with Gasteiger partial charge >= 0.3 is 0 Å². The van der Waals surface area contributed by atoms with E-state index in [1.54, 1.807) is 6.07 Å². The smallest absolute Gasteiger partial charge is 0.128 e. The van der Waals surface area contributed by atoms with Gasteiger partial charge in [0.15, 0.2) is 0 Å². The van der Waals surface area contributed by atoms with E-state index in [0.717, 1.165) is 24.4 Å². The van der Waals surface area contributed by atoms with E-state index in [1.165, 1.54) is 67.1 Å². The van der Waals surface area contributed by atoms with Crippen LogP contribution in [0.1, 0.15) is 54.4 Å². The molecule has 0 spiro atoms. The Labute approximate surface area is 173 Å². The van der Waals surface area contributed by atoms with Gasteiger partial charge in [-0.25, -0.2) is 4.39 Å². The first kappa shape index (κ1) is 19.9. The van der Waals surface area contributed by atoms with Crippen molar-refractivity contribution in [3.05, 3.63) is 58.4 Å². The standard InChI is InChI=1S/C25H31FN2O/c1-18-22(16-27-23-12-11-20(8-4-14-29)24(26)15-23)10-9-21-7-3-13-28(25(18)21)17-19-5-2-6-19/h9-12,14-15,19,27H,2-8,13,16-17H2,1H3. The van der Waals surface area contributed by atoms with Gasteiger partial charge in [-0.05, 0) is 79.3 Å². The third kappa shape index (κ3) is 4.47. The lowest BCUT2D eigenvalue weighted by Crippen LogP contribution is -2.37. The Bertz CT molecular complexity index is 875. The first-order valence-electron chi connectivity index (χ1n) is 11.0. The molecule has 1 N–H and O–H groups in total. The van der Waals surface area contributed by atoms with Crippen LogP contribution in [-0.4, -0.2) is 19.4 Å². The van der Waals surface area contributed by atoms with Crippen LogP contribution in [0.2, 0.25) is 0 Å². The number of rotatable bonds is 8. The number of anilines is 2. The van der Waals surface area contributed by atoms with E-state index in [1.807, 2.05) is 6.07 Å². The molecule has 2 aromatic carbocycles. The van der Waals surface area contributed by atoms with Crippen molar-refractivity contribution >= 4 is 17.7 Å². The van der Waals surface area contributed by atoms with Gasteiger partial charge in [0.25, 0.3) is 0 Å². The SMILES string of the molecule is Cc1c(CNc2ccc(CCC=O)c(F)c2)ccc2c1N(CC1CCC1)CCC2. The van der Waals surface area contributed by atoms with Gasteiger partial charge in [-0.2, -0.15) is 0 Å². The van der Waals surface area contributed by atoms with Gasteiger partial charge in [-0.1, -0.05) is 24.6 Å². The summed E-state index contributed by atoms with van der Waals surface area (Å²) < 4.78 is 14.3. The molecule has 4 heteroatoms. The zero-order valence-corrected chi connectivity index (χ0v) is 17.3. The molecular weight excluding hydrogens is 363 g/mol. The normalized spacial score (nSPS) is 16.3. The summed E-state index contributed by atoms with van der Waals surface area (Å²) in [5.41, 5.74) is 6.92. The first-order chi connectivity index (χ1) is 14.2. The highest BCUT2D eigenvalue weighted by Crippen LogP contribution is 2.36. The number of fused-ring (bicyclic) bond motifs is 1. The maximum atomic E-state index is 14.3. The Hall–Kier alpha value is -2.36. The average molecular weight is 395 g/mol. The molecule has 154 valence electrons. The van der Waals surface area contributed by atoms with Gasteiger partial charge in [0.05, 0.1) is 0 Å². The minimum absolute atomic E-state index is 0.245. The van der Waals surface area contributed by atoms with Crippen LogP contribution in [0.4, 0.5) is 15.8 Å². The fraction of sp³-hybridized carbons (Fsp3) is 0.480. The van der Waals surface area contributed by atoms with Crippen LogP contribution < -0.4 is 10.2 Å². The number of carbonyl (C=O) groups excluding carboxylic acids is 1. The topological polar surface area (TPSA) is 32.3 Å². The third-order valence-electron chi connectivity index (χ3n) is 6.59. The number of benzene rings is 2. The Balaban J connectivity index is 1.47. The van der Waals surface area contributed by atoms with Crippen LogP contribution >= 0.6 is 0 Å². The molecule has 4 rings (SSSR count). The minimum atomic E-state index is -0.245. The molecule has 0 aromatic heterocycles. The zero-order chi connectivity index (χ0) is 20.2. The number of aldehydes is 1. The van der Waals surface area contributed by atoms with Crippen molar-refractivity contribution in [2.75, 3.05) is 23.3 Å². The summed E-state index contributed by atoms with van der Waals surface area (Å²) in [5.74, 6) is 0.619. The number of hydrogen-bond acceptors (Lipinski definition) is 3. The molecule has 3 nitrogen and oxygen atoms in total. The molecule has 0 unspecified atom stereocenters. The number of halogens is 1. The van der Waals surface area contributed by atoms with Gasteiger partial charge < -0.3 is 15.0 Å².